The van der Waals surface area contributed by atoms with Gasteiger partial charge in [-0.3, -0.25) is 0 Å². The molecule has 7 nitrogen and oxygen atoms in total. The van der Waals surface area contributed by atoms with Crippen LogP contribution in [0.25, 0.3) is 16.7 Å². The maximum atomic E-state index is 12.4. The van der Waals surface area contributed by atoms with Gasteiger partial charge < -0.3 is 9.15 Å². The Hall–Kier alpha value is -3.19. The summed E-state index contributed by atoms with van der Waals surface area (Å²) >= 11 is 5.99. The number of halogens is 1. The van der Waals surface area contributed by atoms with Crippen molar-refractivity contribution < 1.29 is 13.9 Å². The summed E-state index contributed by atoms with van der Waals surface area (Å²) in [5, 5.41) is 12.3. The van der Waals surface area contributed by atoms with Crippen LogP contribution in [-0.2, 0) is 0 Å². The molecule has 0 N–H and O–H groups in total. The number of aromatic nitrogens is 4. The van der Waals surface area contributed by atoms with Crippen molar-refractivity contribution in [3.05, 3.63) is 65.1 Å². The monoisotopic (exact) mass is 354 g/mol. The molecule has 2 heterocycles. The molecule has 0 spiro atoms. The minimum absolute atomic E-state index is 0.154. The Morgan fingerprint density at radius 1 is 1.20 bits per heavy atom. The van der Waals surface area contributed by atoms with Gasteiger partial charge in [0.1, 0.15) is 17.7 Å². The number of nitrogens with zero attached hydrogens (tertiary/aromatic N) is 4. The third-order valence-electron chi connectivity index (χ3n) is 3.74. The molecule has 0 atom stereocenters. The van der Waals surface area contributed by atoms with Crippen LogP contribution in [0.5, 0.6) is 5.75 Å². The maximum absolute atomic E-state index is 12.4. The van der Waals surface area contributed by atoms with Gasteiger partial charge in [-0.25, -0.2) is 9.48 Å². The summed E-state index contributed by atoms with van der Waals surface area (Å²) in [6, 6.07) is 12.0. The predicted molar refractivity (Wildman–Crippen MR) is 90.1 cm³/mol. The Kier molecular flexibility index (Phi) is 3.70. The first-order chi connectivity index (χ1) is 12.1. The number of benzene rings is 2. The largest absolute Gasteiger partial charge is 0.449 e. The molecule has 8 heteroatoms. The van der Waals surface area contributed by atoms with Gasteiger partial charge in [-0.1, -0.05) is 11.6 Å². The highest BCUT2D eigenvalue weighted by atomic mass is 35.5. The number of ether oxygens (including phenoxy) is 1. The molecular weight excluding hydrogens is 344 g/mol. The van der Waals surface area contributed by atoms with Gasteiger partial charge in [-0.15, -0.1) is 5.10 Å². The van der Waals surface area contributed by atoms with Gasteiger partial charge >= 0.3 is 5.97 Å². The highest BCUT2D eigenvalue weighted by Gasteiger charge is 2.20. The van der Waals surface area contributed by atoms with Crippen molar-refractivity contribution in [3.63, 3.8) is 0 Å². The number of fused-ring (bicyclic) bond motifs is 1. The summed E-state index contributed by atoms with van der Waals surface area (Å²) in [6.45, 7) is 1.79. The van der Waals surface area contributed by atoms with Gasteiger partial charge in [0.15, 0.2) is 0 Å². The van der Waals surface area contributed by atoms with Crippen LogP contribution < -0.4 is 4.74 Å². The second-order valence-electron chi connectivity index (χ2n) is 5.33. The van der Waals surface area contributed by atoms with E-state index >= 15 is 0 Å². The summed E-state index contributed by atoms with van der Waals surface area (Å²) in [7, 11) is 0. The molecular formula is C17H11ClN4O3. The molecule has 0 fully saturated rings. The van der Waals surface area contributed by atoms with Crippen molar-refractivity contribution in [1.29, 1.82) is 0 Å². The van der Waals surface area contributed by atoms with E-state index in [4.69, 9.17) is 20.8 Å². The van der Waals surface area contributed by atoms with E-state index in [1.807, 2.05) is 0 Å². The molecule has 4 rings (SSSR count). The molecule has 0 aliphatic carbocycles. The first-order valence-electron chi connectivity index (χ1n) is 7.36. The van der Waals surface area contributed by atoms with E-state index < -0.39 is 5.97 Å². The van der Waals surface area contributed by atoms with Crippen LogP contribution >= 0.6 is 11.6 Å². The third kappa shape index (κ3) is 2.85. The maximum Gasteiger partial charge on any atom is 0.379 e. The Labute approximate surface area is 146 Å². The molecule has 2 aromatic carbocycles. The van der Waals surface area contributed by atoms with Crippen molar-refractivity contribution in [3.8, 4) is 11.4 Å². The molecule has 0 unspecified atom stereocenters. The van der Waals surface area contributed by atoms with Crippen LogP contribution in [0.1, 0.15) is 16.1 Å². The fourth-order valence-corrected chi connectivity index (χ4v) is 2.66. The van der Waals surface area contributed by atoms with Gasteiger partial charge in [0.25, 0.3) is 0 Å². The Morgan fingerprint density at radius 2 is 2.00 bits per heavy atom. The molecule has 25 heavy (non-hydrogen) atoms. The van der Waals surface area contributed by atoms with E-state index in [1.165, 1.54) is 11.0 Å². The highest BCUT2D eigenvalue weighted by molar-refractivity contribution is 6.31. The van der Waals surface area contributed by atoms with Gasteiger partial charge in [0.2, 0.25) is 5.76 Å². The number of hydrogen-bond acceptors (Lipinski definition) is 6. The lowest BCUT2D eigenvalue weighted by Gasteiger charge is -2.04. The van der Waals surface area contributed by atoms with E-state index in [0.717, 1.165) is 11.1 Å². The fourth-order valence-electron chi connectivity index (χ4n) is 2.49. The van der Waals surface area contributed by atoms with Crippen molar-refractivity contribution in [2.75, 3.05) is 0 Å². The first-order valence-corrected chi connectivity index (χ1v) is 7.74. The highest BCUT2D eigenvalue weighted by Crippen LogP contribution is 2.28. The number of carbonyl (C=O) groups excluding carboxylic acids is 1. The normalized spacial score (nSPS) is 11.0. The Balaban J connectivity index is 1.59. The molecule has 0 radical (unpaired) electrons. The molecule has 0 bridgehead atoms. The van der Waals surface area contributed by atoms with Gasteiger partial charge in [0, 0.05) is 16.0 Å². The Bertz CT molecular complexity index is 1060. The van der Waals surface area contributed by atoms with Crippen LogP contribution in [0.4, 0.5) is 0 Å². The predicted octanol–water partition coefficient (Wildman–Crippen LogP) is 3.59. The SMILES string of the molecule is Cc1c(C(=O)Oc2ccc(-n3cnnn3)cc2)oc2ccc(Cl)cc12. The van der Waals surface area contributed by atoms with Gasteiger partial charge in [0.05, 0.1) is 5.69 Å². The lowest BCUT2D eigenvalue weighted by Crippen LogP contribution is -2.08. The zero-order chi connectivity index (χ0) is 17.4. The molecule has 0 amide bonds. The molecule has 0 saturated heterocycles. The van der Waals surface area contributed by atoms with Crippen molar-refractivity contribution in [2.24, 2.45) is 0 Å². The summed E-state index contributed by atoms with van der Waals surface area (Å²) < 4.78 is 12.5. The third-order valence-corrected chi connectivity index (χ3v) is 3.98. The Morgan fingerprint density at radius 3 is 2.72 bits per heavy atom. The number of rotatable bonds is 3. The smallest absolute Gasteiger partial charge is 0.379 e. The number of tetrazole rings is 1. The number of carbonyl (C=O) groups is 1. The van der Waals surface area contributed by atoms with E-state index in [-0.39, 0.29) is 5.76 Å². The molecule has 2 aromatic heterocycles. The van der Waals surface area contributed by atoms with Crippen molar-refractivity contribution >= 4 is 28.5 Å². The number of furan rings is 1. The van der Waals surface area contributed by atoms with Crippen molar-refractivity contribution in [2.45, 2.75) is 6.92 Å². The minimum atomic E-state index is -0.569. The van der Waals surface area contributed by atoms with Crippen LogP contribution in [0, 0.1) is 6.92 Å². The summed E-state index contributed by atoms with van der Waals surface area (Å²) in [4.78, 5) is 12.4. The van der Waals surface area contributed by atoms with E-state index in [2.05, 4.69) is 15.5 Å². The van der Waals surface area contributed by atoms with E-state index in [9.17, 15) is 4.79 Å². The second kappa shape index (κ2) is 6.03. The number of esters is 1. The van der Waals surface area contributed by atoms with Crippen LogP contribution in [0.3, 0.4) is 0 Å². The van der Waals surface area contributed by atoms with E-state index in [0.29, 0.717) is 21.9 Å². The topological polar surface area (TPSA) is 83.0 Å². The van der Waals surface area contributed by atoms with Crippen LogP contribution in [0.15, 0.2) is 53.2 Å². The van der Waals surface area contributed by atoms with Gasteiger partial charge in [-0.2, -0.15) is 0 Å². The number of aryl methyl sites for hydroxylation is 1. The first kappa shape index (κ1) is 15.3. The standard InChI is InChI=1S/C17H11ClN4O3/c1-10-14-8-11(18)2-7-15(14)25-16(10)17(23)24-13-5-3-12(4-6-13)22-9-19-20-21-22/h2-9H,1H3. The zero-order valence-electron chi connectivity index (χ0n) is 13.0. The summed E-state index contributed by atoms with van der Waals surface area (Å²) in [5.74, 6) is -0.0264. The van der Waals surface area contributed by atoms with Crippen LogP contribution in [-0.4, -0.2) is 26.2 Å². The molecule has 124 valence electrons. The van der Waals surface area contributed by atoms with E-state index in [1.54, 1.807) is 49.4 Å². The van der Waals surface area contributed by atoms with Crippen LogP contribution in [0.2, 0.25) is 5.02 Å². The number of hydrogen-bond donors (Lipinski definition) is 0. The summed E-state index contributed by atoms with van der Waals surface area (Å²) in [6.07, 6.45) is 1.48. The second-order valence-corrected chi connectivity index (χ2v) is 5.77. The van der Waals surface area contributed by atoms with Crippen molar-refractivity contribution in [1.82, 2.24) is 20.2 Å². The molecule has 0 saturated carbocycles. The molecule has 0 aliphatic rings. The van der Waals surface area contributed by atoms with Gasteiger partial charge in [-0.05, 0) is 59.8 Å². The summed E-state index contributed by atoms with van der Waals surface area (Å²) in [5.41, 5.74) is 2.02. The lowest BCUT2D eigenvalue weighted by atomic mass is 10.1. The lowest BCUT2D eigenvalue weighted by molar-refractivity contribution is 0.0703. The molecule has 4 aromatic rings. The molecule has 0 aliphatic heterocycles. The average molecular weight is 355 g/mol. The average Bonchev–Trinajstić information content (AvgIpc) is 3.25. The minimum Gasteiger partial charge on any atom is -0.449 e. The zero-order valence-corrected chi connectivity index (χ0v) is 13.8. The fraction of sp³-hybridized carbons (Fsp3) is 0.0588. The quantitative estimate of drug-likeness (QED) is 0.413.